The van der Waals surface area contributed by atoms with E-state index in [0.717, 1.165) is 0 Å². The SMILES string of the molecule is O=C(O)OC1C(OC(=O)O)C2OC(=O)OC(=O)OC12. The molecule has 1 aliphatic carbocycles. The second-order valence-corrected chi connectivity index (χ2v) is 3.46. The first-order chi connectivity index (χ1) is 8.88. The molecule has 2 rings (SSSR count). The summed E-state index contributed by atoms with van der Waals surface area (Å²) in [7, 11) is 0. The summed E-state index contributed by atoms with van der Waals surface area (Å²) in [5, 5.41) is 16.9. The fourth-order valence-corrected chi connectivity index (χ4v) is 1.71. The van der Waals surface area contributed by atoms with Gasteiger partial charge in [-0.25, -0.2) is 19.2 Å². The lowest BCUT2D eigenvalue weighted by atomic mass is 9.84. The lowest BCUT2D eigenvalue weighted by Crippen LogP contribution is -2.68. The molecule has 2 N–H and O–H groups in total. The number of rotatable bonds is 2. The number of cyclic esters (lactones) is 2. The van der Waals surface area contributed by atoms with Crippen molar-refractivity contribution >= 4 is 24.6 Å². The lowest BCUT2D eigenvalue weighted by Gasteiger charge is -2.44. The van der Waals surface area contributed by atoms with Gasteiger partial charge in [-0.2, -0.15) is 0 Å². The molecule has 0 aromatic rings. The van der Waals surface area contributed by atoms with Crippen LogP contribution >= 0.6 is 0 Å². The first-order valence-electron chi connectivity index (χ1n) is 4.76. The van der Waals surface area contributed by atoms with E-state index >= 15 is 0 Å². The summed E-state index contributed by atoms with van der Waals surface area (Å²) in [6.07, 6.45) is -11.9. The Morgan fingerprint density at radius 3 is 1.58 bits per heavy atom. The van der Waals surface area contributed by atoms with Crippen LogP contribution in [0.25, 0.3) is 0 Å². The van der Waals surface area contributed by atoms with E-state index < -0.39 is 49.0 Å². The zero-order valence-corrected chi connectivity index (χ0v) is 8.88. The average Bonchev–Trinajstić information content (AvgIpc) is 2.40. The number of fused-ring (bicyclic) bond motifs is 1. The second kappa shape index (κ2) is 4.51. The number of carbonyl (C=O) groups is 4. The van der Waals surface area contributed by atoms with Crippen molar-refractivity contribution in [1.29, 1.82) is 0 Å². The molecule has 11 nitrogen and oxygen atoms in total. The molecule has 4 atom stereocenters. The second-order valence-electron chi connectivity index (χ2n) is 3.46. The van der Waals surface area contributed by atoms with Crippen LogP contribution < -0.4 is 0 Å². The van der Waals surface area contributed by atoms with Gasteiger partial charge in [0.2, 0.25) is 0 Å². The van der Waals surface area contributed by atoms with Crippen LogP contribution in [0.4, 0.5) is 19.2 Å². The van der Waals surface area contributed by atoms with Gasteiger partial charge in [-0.3, -0.25) is 0 Å². The highest BCUT2D eigenvalue weighted by Crippen LogP contribution is 2.35. The minimum Gasteiger partial charge on any atom is -0.450 e. The molecule has 0 aromatic heterocycles. The highest BCUT2D eigenvalue weighted by Gasteiger charge is 2.63. The van der Waals surface area contributed by atoms with E-state index in [0.29, 0.717) is 0 Å². The number of hydrogen-bond acceptors (Lipinski definition) is 9. The van der Waals surface area contributed by atoms with Crippen LogP contribution in [0.2, 0.25) is 0 Å². The number of ether oxygens (including phenoxy) is 5. The maximum Gasteiger partial charge on any atom is 0.519 e. The topological polar surface area (TPSA) is 155 Å². The predicted molar refractivity (Wildman–Crippen MR) is 47.4 cm³/mol. The quantitative estimate of drug-likeness (QED) is 0.403. The smallest absolute Gasteiger partial charge is 0.450 e. The number of carboxylic acid groups (broad SMARTS) is 2. The maximum absolute atomic E-state index is 10.9. The van der Waals surface area contributed by atoms with Crippen molar-refractivity contribution in [2.24, 2.45) is 0 Å². The molecule has 0 radical (unpaired) electrons. The van der Waals surface area contributed by atoms with Gasteiger partial charge in [-0.1, -0.05) is 0 Å². The molecule has 0 spiro atoms. The fourth-order valence-electron chi connectivity index (χ4n) is 1.71. The van der Waals surface area contributed by atoms with E-state index in [2.05, 4.69) is 23.7 Å². The van der Waals surface area contributed by atoms with Crippen molar-refractivity contribution in [2.75, 3.05) is 0 Å². The molecule has 2 aliphatic rings. The van der Waals surface area contributed by atoms with E-state index in [1.165, 1.54) is 0 Å². The zero-order chi connectivity index (χ0) is 14.2. The third-order valence-corrected chi connectivity index (χ3v) is 2.40. The Morgan fingerprint density at radius 2 is 1.26 bits per heavy atom. The van der Waals surface area contributed by atoms with Crippen LogP contribution in [0.1, 0.15) is 0 Å². The molecule has 1 saturated carbocycles. The summed E-state index contributed by atoms with van der Waals surface area (Å²) in [5.41, 5.74) is 0. The van der Waals surface area contributed by atoms with E-state index in [1.807, 2.05) is 0 Å². The molecule has 11 heteroatoms. The third kappa shape index (κ3) is 2.43. The molecular weight excluding hydrogens is 272 g/mol. The van der Waals surface area contributed by atoms with Crippen molar-refractivity contribution in [3.8, 4) is 0 Å². The molecule has 1 heterocycles. The Kier molecular flexibility index (Phi) is 3.02. The van der Waals surface area contributed by atoms with Crippen LogP contribution in [-0.2, 0) is 23.7 Å². The van der Waals surface area contributed by atoms with Gasteiger partial charge in [0.25, 0.3) is 0 Å². The number of hydrogen-bond donors (Lipinski definition) is 2. The molecule has 1 aliphatic heterocycles. The molecule has 4 unspecified atom stereocenters. The van der Waals surface area contributed by atoms with Gasteiger partial charge in [-0.15, -0.1) is 0 Å². The van der Waals surface area contributed by atoms with Gasteiger partial charge in [0.1, 0.15) is 0 Å². The van der Waals surface area contributed by atoms with E-state index in [1.54, 1.807) is 0 Å². The fraction of sp³-hybridized carbons (Fsp3) is 0.500. The number of carbonyl (C=O) groups excluding carboxylic acids is 2. The van der Waals surface area contributed by atoms with Crippen LogP contribution in [0, 0.1) is 0 Å². The predicted octanol–water partition coefficient (Wildman–Crippen LogP) is 0.167. The molecule has 0 bridgehead atoms. The minimum atomic E-state index is -1.74. The van der Waals surface area contributed by atoms with Crippen molar-refractivity contribution < 1.29 is 53.1 Å². The maximum atomic E-state index is 10.9. The van der Waals surface area contributed by atoms with E-state index in [-0.39, 0.29) is 0 Å². The monoisotopic (exact) mass is 278 g/mol. The molecule has 0 amide bonds. The van der Waals surface area contributed by atoms with Crippen LogP contribution in [0.3, 0.4) is 0 Å². The van der Waals surface area contributed by atoms with E-state index in [4.69, 9.17) is 10.2 Å². The highest BCUT2D eigenvalue weighted by molar-refractivity contribution is 5.78. The van der Waals surface area contributed by atoms with Crippen LogP contribution in [0.5, 0.6) is 0 Å². The van der Waals surface area contributed by atoms with Crippen LogP contribution in [-0.4, -0.2) is 59.3 Å². The Balaban J connectivity index is 2.16. The average molecular weight is 278 g/mol. The highest BCUT2D eigenvalue weighted by atomic mass is 16.8. The first-order valence-corrected chi connectivity index (χ1v) is 4.76. The van der Waals surface area contributed by atoms with Gasteiger partial charge < -0.3 is 33.9 Å². The summed E-state index contributed by atoms with van der Waals surface area (Å²) in [4.78, 5) is 42.7. The van der Waals surface area contributed by atoms with Crippen molar-refractivity contribution in [3.05, 3.63) is 0 Å². The Labute approximate surface area is 103 Å². The summed E-state index contributed by atoms with van der Waals surface area (Å²) < 4.78 is 21.7. The molecule has 19 heavy (non-hydrogen) atoms. The van der Waals surface area contributed by atoms with Crippen molar-refractivity contribution in [3.63, 3.8) is 0 Å². The Bertz CT molecular complexity index is 402. The lowest BCUT2D eigenvalue weighted by molar-refractivity contribution is -0.222. The summed E-state index contributed by atoms with van der Waals surface area (Å²) >= 11 is 0. The van der Waals surface area contributed by atoms with Gasteiger partial charge in [0, 0.05) is 0 Å². The first kappa shape index (κ1) is 12.7. The summed E-state index contributed by atoms with van der Waals surface area (Å²) in [6.45, 7) is 0. The molecular formula is C8H6O11. The molecule has 1 saturated heterocycles. The molecule has 104 valence electrons. The Hall–Kier alpha value is -2.72. The Morgan fingerprint density at radius 1 is 0.895 bits per heavy atom. The standard InChI is InChI=1S/C8H6O11/c9-5(10)15-1-2(16-6(11)12)4-3(1)17-7(13)19-8(14)18-4/h1-4H,(H,9,10)(H,11,12). The van der Waals surface area contributed by atoms with Gasteiger partial charge in [0.15, 0.2) is 24.4 Å². The normalized spacial score (nSPS) is 32.4. The zero-order valence-electron chi connectivity index (χ0n) is 8.88. The molecule has 0 aromatic carbocycles. The van der Waals surface area contributed by atoms with Crippen molar-refractivity contribution in [2.45, 2.75) is 24.4 Å². The molecule has 2 fully saturated rings. The minimum absolute atomic E-state index is 1.33. The van der Waals surface area contributed by atoms with Gasteiger partial charge in [0.05, 0.1) is 0 Å². The van der Waals surface area contributed by atoms with Gasteiger partial charge in [-0.05, 0) is 0 Å². The van der Waals surface area contributed by atoms with E-state index in [9.17, 15) is 19.2 Å². The van der Waals surface area contributed by atoms with Crippen LogP contribution in [0.15, 0.2) is 0 Å². The van der Waals surface area contributed by atoms with Gasteiger partial charge >= 0.3 is 24.6 Å². The summed E-state index contributed by atoms with van der Waals surface area (Å²) in [5.74, 6) is 0. The van der Waals surface area contributed by atoms with Crippen molar-refractivity contribution in [1.82, 2.24) is 0 Å². The third-order valence-electron chi connectivity index (χ3n) is 2.40. The largest absolute Gasteiger partial charge is 0.519 e. The summed E-state index contributed by atoms with van der Waals surface area (Å²) in [6, 6.07) is 0.